The van der Waals surface area contributed by atoms with E-state index in [1.807, 2.05) is 6.07 Å². The summed E-state index contributed by atoms with van der Waals surface area (Å²) in [7, 11) is 0. The average Bonchev–Trinajstić information content (AvgIpc) is 3.17. The van der Waals surface area contributed by atoms with Crippen molar-refractivity contribution in [2.24, 2.45) is 17.3 Å². The second-order valence-electron chi connectivity index (χ2n) is 6.42. The number of hydrogen-bond donors (Lipinski definition) is 1. The van der Waals surface area contributed by atoms with Gasteiger partial charge in [0.25, 0.3) is 0 Å². The van der Waals surface area contributed by atoms with Gasteiger partial charge in [0.15, 0.2) is 0 Å². The Hall–Kier alpha value is -1.54. The first kappa shape index (κ1) is 15.4. The first-order valence-electron chi connectivity index (χ1n) is 7.65. The van der Waals surface area contributed by atoms with Crippen LogP contribution < -0.4 is 5.32 Å². The number of benzene rings is 1. The molecule has 2 aliphatic rings. The molecule has 2 aliphatic carbocycles. The van der Waals surface area contributed by atoms with E-state index >= 15 is 0 Å². The van der Waals surface area contributed by atoms with Crippen molar-refractivity contribution in [3.05, 3.63) is 30.1 Å². The number of nitriles is 1. The second kappa shape index (κ2) is 6.29. The quantitative estimate of drug-likeness (QED) is 0.669. The highest BCUT2D eigenvalue weighted by Crippen LogP contribution is 2.62. The standard InChI is InChI=1S/C17H19FN2OS/c18-13-1-3-14(4-2-13)22-11-12-9-17(5-6-17)10-15(12)16(21)20-8-7-19/h1-4,12,15H,5-6,8-11H2,(H,20,21)/t12?,15-/m0/s1. The maximum atomic E-state index is 12.9. The van der Waals surface area contributed by atoms with Gasteiger partial charge in [0.1, 0.15) is 12.4 Å². The lowest BCUT2D eigenvalue weighted by Gasteiger charge is -2.18. The lowest BCUT2D eigenvalue weighted by Crippen LogP contribution is -2.33. The van der Waals surface area contributed by atoms with E-state index in [-0.39, 0.29) is 24.2 Å². The topological polar surface area (TPSA) is 52.9 Å². The SMILES string of the molecule is N#CCNC(=O)[C@H]1CC2(CC2)CC1CSc1ccc(F)cc1. The number of amides is 1. The Labute approximate surface area is 134 Å². The van der Waals surface area contributed by atoms with Crippen LogP contribution in [0.3, 0.4) is 0 Å². The van der Waals surface area contributed by atoms with Crippen molar-refractivity contribution in [1.82, 2.24) is 5.32 Å². The summed E-state index contributed by atoms with van der Waals surface area (Å²) in [6.07, 6.45) is 4.52. The van der Waals surface area contributed by atoms with Crippen LogP contribution in [0.4, 0.5) is 4.39 Å². The third-order valence-electron chi connectivity index (χ3n) is 4.83. The van der Waals surface area contributed by atoms with Gasteiger partial charge in [-0.3, -0.25) is 4.79 Å². The number of rotatable bonds is 5. The Kier molecular flexibility index (Phi) is 4.39. The molecule has 0 bridgehead atoms. The van der Waals surface area contributed by atoms with Crippen LogP contribution in [0.1, 0.15) is 25.7 Å². The molecule has 22 heavy (non-hydrogen) atoms. The summed E-state index contributed by atoms with van der Waals surface area (Å²) in [4.78, 5) is 13.3. The summed E-state index contributed by atoms with van der Waals surface area (Å²) in [6, 6.07) is 8.47. The third-order valence-corrected chi connectivity index (χ3v) is 6.03. The van der Waals surface area contributed by atoms with Gasteiger partial charge in [0, 0.05) is 16.6 Å². The Balaban J connectivity index is 1.61. The summed E-state index contributed by atoms with van der Waals surface area (Å²) in [5, 5.41) is 11.3. The molecule has 3 rings (SSSR count). The molecule has 116 valence electrons. The predicted octanol–water partition coefficient (Wildman–Crippen LogP) is 3.36. The summed E-state index contributed by atoms with van der Waals surface area (Å²) in [5.41, 5.74) is 0.392. The van der Waals surface area contributed by atoms with Crippen molar-refractivity contribution in [3.8, 4) is 6.07 Å². The smallest absolute Gasteiger partial charge is 0.224 e. The minimum Gasteiger partial charge on any atom is -0.343 e. The predicted molar refractivity (Wildman–Crippen MR) is 83.6 cm³/mol. The molecule has 2 saturated carbocycles. The maximum absolute atomic E-state index is 12.9. The summed E-state index contributed by atoms with van der Waals surface area (Å²) in [5.74, 6) is 1.03. The number of nitrogens with zero attached hydrogens (tertiary/aromatic N) is 1. The maximum Gasteiger partial charge on any atom is 0.224 e. The van der Waals surface area contributed by atoms with Crippen LogP contribution in [0.15, 0.2) is 29.2 Å². The number of halogens is 1. The highest BCUT2D eigenvalue weighted by Gasteiger charge is 2.54. The molecule has 3 nitrogen and oxygen atoms in total. The summed E-state index contributed by atoms with van der Waals surface area (Å²) in [6.45, 7) is 0.0835. The van der Waals surface area contributed by atoms with Crippen LogP contribution in [0.25, 0.3) is 0 Å². The highest BCUT2D eigenvalue weighted by atomic mass is 32.2. The van der Waals surface area contributed by atoms with Gasteiger partial charge in [-0.1, -0.05) is 0 Å². The van der Waals surface area contributed by atoms with Crippen molar-refractivity contribution in [1.29, 1.82) is 5.26 Å². The third kappa shape index (κ3) is 3.44. The number of nitrogens with one attached hydrogen (secondary N) is 1. The molecule has 0 heterocycles. The molecule has 0 saturated heterocycles. The van der Waals surface area contributed by atoms with E-state index in [9.17, 15) is 9.18 Å². The van der Waals surface area contributed by atoms with Gasteiger partial charge in [0.05, 0.1) is 6.07 Å². The van der Waals surface area contributed by atoms with Gasteiger partial charge < -0.3 is 5.32 Å². The first-order valence-corrected chi connectivity index (χ1v) is 8.63. The molecular formula is C17H19FN2OS. The zero-order valence-electron chi connectivity index (χ0n) is 12.3. The fraction of sp³-hybridized carbons (Fsp3) is 0.529. The Morgan fingerprint density at radius 1 is 1.36 bits per heavy atom. The van der Waals surface area contributed by atoms with Crippen LogP contribution in [0, 0.1) is 34.4 Å². The molecule has 1 aromatic rings. The largest absolute Gasteiger partial charge is 0.343 e. The molecule has 1 unspecified atom stereocenters. The van der Waals surface area contributed by atoms with Crippen molar-refractivity contribution < 1.29 is 9.18 Å². The van der Waals surface area contributed by atoms with Crippen molar-refractivity contribution in [2.75, 3.05) is 12.3 Å². The summed E-state index contributed by atoms with van der Waals surface area (Å²) >= 11 is 1.69. The zero-order valence-corrected chi connectivity index (χ0v) is 13.2. The molecule has 1 amide bonds. The van der Waals surface area contributed by atoms with Gasteiger partial charge in [-0.15, -0.1) is 11.8 Å². The molecule has 0 radical (unpaired) electrons. The van der Waals surface area contributed by atoms with Crippen LogP contribution in [-0.2, 0) is 4.79 Å². The second-order valence-corrected chi connectivity index (χ2v) is 7.51. The normalized spacial score (nSPS) is 24.9. The fourth-order valence-electron chi connectivity index (χ4n) is 3.47. The molecule has 2 atom stereocenters. The molecule has 5 heteroatoms. The molecule has 1 spiro atoms. The van der Waals surface area contributed by atoms with Gasteiger partial charge in [-0.25, -0.2) is 4.39 Å². The van der Waals surface area contributed by atoms with Crippen molar-refractivity contribution >= 4 is 17.7 Å². The molecule has 1 aromatic carbocycles. The molecule has 1 N–H and O–H groups in total. The lowest BCUT2D eigenvalue weighted by atomic mass is 9.97. The minimum absolute atomic E-state index is 0.0174. The number of carbonyl (C=O) groups excluding carboxylic acids is 1. The summed E-state index contributed by atoms with van der Waals surface area (Å²) < 4.78 is 12.9. The van der Waals surface area contributed by atoms with Gasteiger partial charge in [-0.05, 0) is 61.3 Å². The van der Waals surface area contributed by atoms with Crippen LogP contribution >= 0.6 is 11.8 Å². The van der Waals surface area contributed by atoms with E-state index in [2.05, 4.69) is 5.32 Å². The van der Waals surface area contributed by atoms with E-state index in [0.717, 1.165) is 23.5 Å². The molecular weight excluding hydrogens is 299 g/mol. The van der Waals surface area contributed by atoms with E-state index in [4.69, 9.17) is 5.26 Å². The Morgan fingerprint density at radius 3 is 2.73 bits per heavy atom. The zero-order chi connectivity index (χ0) is 15.6. The average molecular weight is 318 g/mol. The fourth-order valence-corrected chi connectivity index (χ4v) is 4.56. The van der Waals surface area contributed by atoms with Crippen LogP contribution in [0.5, 0.6) is 0 Å². The molecule has 2 fully saturated rings. The Morgan fingerprint density at radius 2 is 2.09 bits per heavy atom. The number of hydrogen-bond acceptors (Lipinski definition) is 3. The van der Waals surface area contributed by atoms with Crippen molar-refractivity contribution in [2.45, 2.75) is 30.6 Å². The van der Waals surface area contributed by atoms with Crippen LogP contribution in [0.2, 0.25) is 0 Å². The molecule has 0 aliphatic heterocycles. The Bertz CT molecular complexity index is 592. The van der Waals surface area contributed by atoms with E-state index < -0.39 is 0 Å². The van der Waals surface area contributed by atoms with Crippen LogP contribution in [-0.4, -0.2) is 18.2 Å². The number of carbonyl (C=O) groups is 1. The van der Waals surface area contributed by atoms with Gasteiger partial charge in [-0.2, -0.15) is 5.26 Å². The number of thioether (sulfide) groups is 1. The highest BCUT2D eigenvalue weighted by molar-refractivity contribution is 7.99. The van der Waals surface area contributed by atoms with E-state index in [0.29, 0.717) is 11.3 Å². The first-order chi connectivity index (χ1) is 10.6. The van der Waals surface area contributed by atoms with E-state index in [1.165, 1.54) is 25.0 Å². The minimum atomic E-state index is -0.226. The van der Waals surface area contributed by atoms with Crippen molar-refractivity contribution in [3.63, 3.8) is 0 Å². The lowest BCUT2D eigenvalue weighted by molar-refractivity contribution is -0.125. The van der Waals surface area contributed by atoms with E-state index in [1.54, 1.807) is 23.9 Å². The molecule has 0 aromatic heterocycles. The van der Waals surface area contributed by atoms with Gasteiger partial charge in [0.2, 0.25) is 5.91 Å². The monoisotopic (exact) mass is 318 g/mol. The van der Waals surface area contributed by atoms with Gasteiger partial charge >= 0.3 is 0 Å².